The third-order valence-electron chi connectivity index (χ3n) is 4.38. The summed E-state index contributed by atoms with van der Waals surface area (Å²) < 4.78 is 5.70. The fourth-order valence-corrected chi connectivity index (χ4v) is 3.33. The van der Waals surface area contributed by atoms with Gasteiger partial charge in [0.2, 0.25) is 0 Å². The normalized spacial score (nSPS) is 27.5. The van der Waals surface area contributed by atoms with Crippen LogP contribution < -0.4 is 10.5 Å². The Labute approximate surface area is 117 Å². The molecule has 0 bridgehead atoms. The van der Waals surface area contributed by atoms with Crippen molar-refractivity contribution < 1.29 is 4.74 Å². The zero-order valence-corrected chi connectivity index (χ0v) is 12.5. The van der Waals surface area contributed by atoms with Crippen LogP contribution in [0.25, 0.3) is 0 Å². The molecule has 0 aliphatic heterocycles. The number of benzene rings is 1. The third kappa shape index (κ3) is 3.11. The first-order chi connectivity index (χ1) is 9.06. The van der Waals surface area contributed by atoms with E-state index in [1.165, 1.54) is 31.2 Å². The van der Waals surface area contributed by atoms with Crippen LogP contribution in [0.5, 0.6) is 5.75 Å². The van der Waals surface area contributed by atoms with E-state index >= 15 is 0 Å². The monoisotopic (exact) mass is 261 g/mol. The molecule has 2 atom stereocenters. The quantitative estimate of drug-likeness (QED) is 0.880. The van der Waals surface area contributed by atoms with Gasteiger partial charge in [-0.05, 0) is 50.3 Å². The van der Waals surface area contributed by atoms with Gasteiger partial charge in [0.05, 0.1) is 6.10 Å². The first kappa shape index (κ1) is 14.4. The summed E-state index contributed by atoms with van der Waals surface area (Å²) in [5, 5.41) is 0. The Balaban J connectivity index is 2.19. The molecule has 1 aromatic carbocycles. The maximum Gasteiger partial charge on any atom is 0.119 e. The van der Waals surface area contributed by atoms with Crippen LogP contribution in [0.1, 0.15) is 58.4 Å². The summed E-state index contributed by atoms with van der Waals surface area (Å²) in [4.78, 5) is 0. The van der Waals surface area contributed by atoms with Crippen molar-refractivity contribution in [2.24, 2.45) is 11.7 Å². The highest BCUT2D eigenvalue weighted by Crippen LogP contribution is 2.41. The van der Waals surface area contributed by atoms with Gasteiger partial charge in [-0.3, -0.25) is 0 Å². The lowest BCUT2D eigenvalue weighted by Crippen LogP contribution is -2.46. The van der Waals surface area contributed by atoms with Gasteiger partial charge in [0.1, 0.15) is 5.75 Å². The Bertz CT molecular complexity index is 398. The second-order valence-corrected chi connectivity index (χ2v) is 6.08. The molecule has 1 saturated carbocycles. The van der Waals surface area contributed by atoms with Crippen LogP contribution in [0.15, 0.2) is 24.3 Å². The van der Waals surface area contributed by atoms with E-state index in [0.29, 0.717) is 5.92 Å². The van der Waals surface area contributed by atoms with Crippen LogP contribution in [-0.4, -0.2) is 6.10 Å². The Morgan fingerprint density at radius 1 is 1.26 bits per heavy atom. The highest BCUT2D eigenvalue weighted by Gasteiger charge is 2.37. The SMILES string of the molecule is CCC1CCCCC1(N)c1ccc(OC(C)C)cc1. The maximum absolute atomic E-state index is 6.75. The van der Waals surface area contributed by atoms with Crippen LogP contribution in [0, 0.1) is 5.92 Å². The average molecular weight is 261 g/mol. The van der Waals surface area contributed by atoms with Gasteiger partial charge in [0, 0.05) is 5.54 Å². The zero-order valence-electron chi connectivity index (χ0n) is 12.5. The molecular formula is C17H27NO. The first-order valence-corrected chi connectivity index (χ1v) is 7.62. The van der Waals surface area contributed by atoms with Gasteiger partial charge in [-0.1, -0.05) is 38.3 Å². The minimum absolute atomic E-state index is 0.136. The second kappa shape index (κ2) is 5.96. The summed E-state index contributed by atoms with van der Waals surface area (Å²) in [7, 11) is 0. The summed E-state index contributed by atoms with van der Waals surface area (Å²) in [5.41, 5.74) is 7.88. The van der Waals surface area contributed by atoms with Gasteiger partial charge in [-0.25, -0.2) is 0 Å². The highest BCUT2D eigenvalue weighted by atomic mass is 16.5. The van der Waals surface area contributed by atoms with Crippen LogP contribution in [0.4, 0.5) is 0 Å². The molecule has 1 aromatic rings. The molecule has 106 valence electrons. The van der Waals surface area contributed by atoms with Gasteiger partial charge in [0.25, 0.3) is 0 Å². The topological polar surface area (TPSA) is 35.2 Å². The number of hydrogen-bond acceptors (Lipinski definition) is 2. The number of hydrogen-bond donors (Lipinski definition) is 1. The van der Waals surface area contributed by atoms with E-state index in [0.717, 1.165) is 12.2 Å². The molecular weight excluding hydrogens is 234 g/mol. The molecule has 2 N–H and O–H groups in total. The van der Waals surface area contributed by atoms with Crippen molar-refractivity contribution in [1.29, 1.82) is 0 Å². The van der Waals surface area contributed by atoms with E-state index in [9.17, 15) is 0 Å². The first-order valence-electron chi connectivity index (χ1n) is 7.62. The molecule has 0 spiro atoms. The van der Waals surface area contributed by atoms with Crippen LogP contribution in [0.2, 0.25) is 0 Å². The molecule has 0 saturated heterocycles. The van der Waals surface area contributed by atoms with Crippen LogP contribution >= 0.6 is 0 Å². The van der Waals surface area contributed by atoms with Crippen LogP contribution in [-0.2, 0) is 5.54 Å². The van der Waals surface area contributed by atoms with Gasteiger partial charge in [-0.15, -0.1) is 0 Å². The summed E-state index contributed by atoms with van der Waals surface area (Å²) in [5.74, 6) is 1.55. The van der Waals surface area contributed by atoms with Crippen molar-refractivity contribution in [1.82, 2.24) is 0 Å². The molecule has 2 heteroatoms. The molecule has 19 heavy (non-hydrogen) atoms. The van der Waals surface area contributed by atoms with Gasteiger partial charge in [-0.2, -0.15) is 0 Å². The molecule has 0 heterocycles. The number of rotatable bonds is 4. The smallest absolute Gasteiger partial charge is 0.119 e. The fourth-order valence-electron chi connectivity index (χ4n) is 3.33. The van der Waals surface area contributed by atoms with Crippen molar-refractivity contribution in [3.8, 4) is 5.75 Å². The highest BCUT2D eigenvalue weighted by molar-refractivity contribution is 5.32. The van der Waals surface area contributed by atoms with Crippen molar-refractivity contribution in [2.45, 2.75) is 64.5 Å². The summed E-state index contributed by atoms with van der Waals surface area (Å²) >= 11 is 0. The van der Waals surface area contributed by atoms with E-state index < -0.39 is 0 Å². The minimum atomic E-state index is -0.136. The minimum Gasteiger partial charge on any atom is -0.491 e. The predicted molar refractivity (Wildman–Crippen MR) is 80.3 cm³/mol. The molecule has 1 aliphatic rings. The van der Waals surface area contributed by atoms with E-state index in [2.05, 4.69) is 31.2 Å². The Kier molecular flexibility index (Phi) is 4.51. The van der Waals surface area contributed by atoms with Crippen molar-refractivity contribution >= 4 is 0 Å². The fraction of sp³-hybridized carbons (Fsp3) is 0.647. The Morgan fingerprint density at radius 2 is 1.95 bits per heavy atom. The number of ether oxygens (including phenoxy) is 1. The lowest BCUT2D eigenvalue weighted by atomic mass is 9.68. The Morgan fingerprint density at radius 3 is 2.53 bits per heavy atom. The molecule has 1 aliphatic carbocycles. The molecule has 0 aromatic heterocycles. The van der Waals surface area contributed by atoms with Crippen molar-refractivity contribution in [3.05, 3.63) is 29.8 Å². The Hall–Kier alpha value is -1.02. The summed E-state index contributed by atoms with van der Waals surface area (Å²) in [6.07, 6.45) is 6.33. The lowest BCUT2D eigenvalue weighted by Gasteiger charge is -2.41. The van der Waals surface area contributed by atoms with Crippen molar-refractivity contribution in [3.63, 3.8) is 0 Å². The second-order valence-electron chi connectivity index (χ2n) is 6.08. The molecule has 2 nitrogen and oxygen atoms in total. The predicted octanol–water partition coefficient (Wildman–Crippen LogP) is 4.23. The lowest BCUT2D eigenvalue weighted by molar-refractivity contribution is 0.184. The van der Waals surface area contributed by atoms with Crippen molar-refractivity contribution in [2.75, 3.05) is 0 Å². The van der Waals surface area contributed by atoms with Gasteiger partial charge < -0.3 is 10.5 Å². The average Bonchev–Trinajstić information content (AvgIpc) is 2.39. The van der Waals surface area contributed by atoms with E-state index in [1.807, 2.05) is 13.8 Å². The van der Waals surface area contributed by atoms with Gasteiger partial charge >= 0.3 is 0 Å². The molecule has 1 fully saturated rings. The third-order valence-corrected chi connectivity index (χ3v) is 4.38. The molecule has 2 unspecified atom stereocenters. The maximum atomic E-state index is 6.75. The molecule has 0 amide bonds. The molecule has 2 rings (SSSR count). The van der Waals surface area contributed by atoms with Crippen LogP contribution in [0.3, 0.4) is 0 Å². The zero-order chi connectivity index (χ0) is 13.9. The molecule has 0 radical (unpaired) electrons. The van der Waals surface area contributed by atoms with Gasteiger partial charge in [0.15, 0.2) is 0 Å². The van der Waals surface area contributed by atoms with E-state index in [-0.39, 0.29) is 11.6 Å². The largest absolute Gasteiger partial charge is 0.491 e. The summed E-state index contributed by atoms with van der Waals surface area (Å²) in [6.45, 7) is 6.35. The summed E-state index contributed by atoms with van der Waals surface area (Å²) in [6, 6.07) is 8.44. The standard InChI is InChI=1S/C17H27NO/c1-4-14-7-5-6-12-17(14,18)15-8-10-16(11-9-15)19-13(2)3/h8-11,13-14H,4-7,12,18H2,1-3H3. The number of nitrogens with two attached hydrogens (primary N) is 1. The van der Waals surface area contributed by atoms with E-state index in [1.54, 1.807) is 0 Å². The van der Waals surface area contributed by atoms with E-state index in [4.69, 9.17) is 10.5 Å².